The van der Waals surface area contributed by atoms with Gasteiger partial charge in [0.25, 0.3) is 5.91 Å². The number of carbonyl (C=O) groups is 1. The quantitative estimate of drug-likeness (QED) is 0.472. The van der Waals surface area contributed by atoms with E-state index < -0.39 is 0 Å². The first-order chi connectivity index (χ1) is 12.7. The first-order valence-corrected chi connectivity index (χ1v) is 9.45. The van der Waals surface area contributed by atoms with Crippen LogP contribution in [-0.2, 0) is 5.75 Å². The van der Waals surface area contributed by atoms with Crippen molar-refractivity contribution in [2.45, 2.75) is 24.0 Å². The smallest absolute Gasteiger partial charge is 0.269 e. The van der Waals surface area contributed by atoms with E-state index in [4.69, 9.17) is 0 Å². The average molecular weight is 363 g/mol. The largest absolute Gasteiger partial charge is 0.303 e. The van der Waals surface area contributed by atoms with E-state index in [1.54, 1.807) is 11.8 Å². The van der Waals surface area contributed by atoms with Gasteiger partial charge in [0.2, 0.25) is 0 Å². The second-order valence-corrected chi connectivity index (χ2v) is 6.87. The van der Waals surface area contributed by atoms with Crippen LogP contribution in [0, 0.1) is 0 Å². The fraction of sp³-hybridized carbons (Fsp3) is 0.143. The van der Waals surface area contributed by atoms with Gasteiger partial charge in [0.15, 0.2) is 0 Å². The van der Waals surface area contributed by atoms with Crippen LogP contribution < -0.4 is 10.9 Å². The Hall–Kier alpha value is -2.79. The number of benzene rings is 2. The van der Waals surface area contributed by atoms with Crippen molar-refractivity contribution in [1.29, 1.82) is 0 Å². The number of hydrogen-bond acceptors (Lipinski definition) is 4. The zero-order valence-electron chi connectivity index (χ0n) is 14.7. The lowest BCUT2D eigenvalue weighted by atomic mass is 10.1. The lowest BCUT2D eigenvalue weighted by Crippen LogP contribution is -2.36. The Kier molecular flexibility index (Phi) is 5.92. The van der Waals surface area contributed by atoms with Gasteiger partial charge in [-0.25, -0.2) is 0 Å². The minimum Gasteiger partial charge on any atom is -0.303 e. The summed E-state index contributed by atoms with van der Waals surface area (Å²) in [6.45, 7) is 5.77. The summed E-state index contributed by atoms with van der Waals surface area (Å²) in [6, 6.07) is 17.9. The predicted octanol–water partition coefficient (Wildman–Crippen LogP) is 4.69. The number of para-hydroxylation sites is 1. The van der Waals surface area contributed by atoms with Crippen LogP contribution in [0.3, 0.4) is 0 Å². The van der Waals surface area contributed by atoms with Crippen LogP contribution in [0.4, 0.5) is 0 Å². The zero-order valence-corrected chi connectivity index (χ0v) is 15.5. The third-order valence-electron chi connectivity index (χ3n) is 3.99. The summed E-state index contributed by atoms with van der Waals surface area (Å²) in [7, 11) is 0. The normalized spacial score (nSPS) is 10.5. The van der Waals surface area contributed by atoms with Crippen LogP contribution in [0.2, 0.25) is 0 Å². The molecule has 0 spiro atoms. The molecule has 0 unspecified atom stereocenters. The molecular weight excluding hydrogens is 342 g/mol. The van der Waals surface area contributed by atoms with Crippen LogP contribution in [0.25, 0.3) is 10.9 Å². The summed E-state index contributed by atoms with van der Waals surface area (Å²) in [5, 5.41) is 1.14. The Morgan fingerprint density at radius 2 is 1.85 bits per heavy atom. The third kappa shape index (κ3) is 4.43. The molecule has 26 heavy (non-hydrogen) atoms. The van der Waals surface area contributed by atoms with Crippen molar-refractivity contribution < 1.29 is 4.79 Å². The monoisotopic (exact) mass is 363 g/mol. The molecule has 132 valence electrons. The van der Waals surface area contributed by atoms with Crippen LogP contribution in [0.1, 0.15) is 29.3 Å². The maximum Gasteiger partial charge on any atom is 0.269 e. The molecule has 2 N–H and O–H groups in total. The lowest BCUT2D eigenvalue weighted by Gasteiger charge is -2.10. The minimum absolute atomic E-state index is 0.169. The highest BCUT2D eigenvalue weighted by Crippen LogP contribution is 2.28. The number of thioether (sulfide) groups is 1. The maximum atomic E-state index is 12.1. The van der Waals surface area contributed by atoms with Crippen LogP contribution in [0.15, 0.2) is 78.0 Å². The maximum absolute atomic E-state index is 12.1. The highest BCUT2D eigenvalue weighted by molar-refractivity contribution is 7.98. The van der Waals surface area contributed by atoms with E-state index >= 15 is 0 Å². The van der Waals surface area contributed by atoms with Crippen molar-refractivity contribution in [3.8, 4) is 0 Å². The van der Waals surface area contributed by atoms with Gasteiger partial charge in [-0.15, -0.1) is 11.8 Å². The van der Waals surface area contributed by atoms with Crippen LogP contribution >= 0.6 is 11.8 Å². The molecule has 0 aliphatic rings. The molecule has 5 heteroatoms. The van der Waals surface area contributed by atoms with E-state index in [-0.39, 0.29) is 5.91 Å². The number of nitrogens with zero attached hydrogens (tertiary/aromatic N) is 1. The molecule has 2 aromatic carbocycles. The van der Waals surface area contributed by atoms with Crippen molar-refractivity contribution in [3.63, 3.8) is 0 Å². The van der Waals surface area contributed by atoms with Crippen LogP contribution in [0.5, 0.6) is 0 Å². The SMILES string of the molecule is C=C(CC)NNC(=O)c1ccc(CSc2cccc3cccnc23)cc1. The second kappa shape index (κ2) is 8.54. The van der Waals surface area contributed by atoms with E-state index in [2.05, 4.69) is 46.7 Å². The Morgan fingerprint density at radius 1 is 1.08 bits per heavy atom. The van der Waals surface area contributed by atoms with E-state index in [0.717, 1.165) is 39.2 Å². The van der Waals surface area contributed by atoms with Crippen molar-refractivity contribution in [2.75, 3.05) is 0 Å². The van der Waals surface area contributed by atoms with Crippen LogP contribution in [-0.4, -0.2) is 10.9 Å². The zero-order chi connectivity index (χ0) is 18.4. The number of carbonyl (C=O) groups excluding carboxylic acids is 1. The molecule has 1 aromatic heterocycles. The van der Waals surface area contributed by atoms with Gasteiger partial charge in [0.05, 0.1) is 5.52 Å². The van der Waals surface area contributed by atoms with Crippen molar-refractivity contribution >= 4 is 28.6 Å². The first kappa shape index (κ1) is 18.0. The molecule has 0 saturated carbocycles. The number of allylic oxidation sites excluding steroid dienone is 1. The second-order valence-electron chi connectivity index (χ2n) is 5.85. The number of pyridine rings is 1. The standard InChI is InChI=1S/C21H21N3OS/c1-3-15(2)23-24-21(25)18-11-9-16(10-12-18)14-26-19-8-4-6-17-7-5-13-22-20(17)19/h4-13,23H,2-3,14H2,1H3,(H,24,25). The molecule has 0 aliphatic heterocycles. The summed E-state index contributed by atoms with van der Waals surface area (Å²) in [6.07, 6.45) is 2.58. The van der Waals surface area contributed by atoms with Gasteiger partial charge in [0, 0.05) is 33.5 Å². The summed E-state index contributed by atoms with van der Waals surface area (Å²) < 4.78 is 0. The van der Waals surface area contributed by atoms with E-state index in [1.807, 2.05) is 43.5 Å². The molecule has 0 saturated heterocycles. The molecule has 0 fully saturated rings. The van der Waals surface area contributed by atoms with Crippen molar-refractivity contribution in [3.05, 3.63) is 84.2 Å². The van der Waals surface area contributed by atoms with Gasteiger partial charge in [-0.2, -0.15) is 0 Å². The topological polar surface area (TPSA) is 54.0 Å². The van der Waals surface area contributed by atoms with E-state index in [9.17, 15) is 4.79 Å². The number of rotatable bonds is 7. The number of amides is 1. The van der Waals surface area contributed by atoms with Gasteiger partial charge in [-0.05, 0) is 36.2 Å². The summed E-state index contributed by atoms with van der Waals surface area (Å²) >= 11 is 1.75. The molecule has 1 amide bonds. The fourth-order valence-corrected chi connectivity index (χ4v) is 3.41. The Morgan fingerprint density at radius 3 is 2.62 bits per heavy atom. The third-order valence-corrected chi connectivity index (χ3v) is 5.10. The number of hydrogen-bond donors (Lipinski definition) is 2. The number of hydrazine groups is 1. The molecule has 1 heterocycles. The highest BCUT2D eigenvalue weighted by atomic mass is 32.2. The Bertz CT molecular complexity index is 917. The van der Waals surface area contributed by atoms with E-state index in [0.29, 0.717) is 5.56 Å². The molecule has 3 aromatic rings. The predicted molar refractivity (Wildman–Crippen MR) is 108 cm³/mol. The molecule has 0 aliphatic carbocycles. The van der Waals surface area contributed by atoms with Crippen molar-refractivity contribution in [2.24, 2.45) is 0 Å². The van der Waals surface area contributed by atoms with Gasteiger partial charge in [-0.1, -0.05) is 43.8 Å². The number of nitrogens with one attached hydrogen (secondary N) is 2. The molecule has 3 rings (SSSR count). The van der Waals surface area contributed by atoms with Gasteiger partial charge >= 0.3 is 0 Å². The minimum atomic E-state index is -0.169. The molecule has 0 bridgehead atoms. The first-order valence-electron chi connectivity index (χ1n) is 8.47. The average Bonchev–Trinajstić information content (AvgIpc) is 2.70. The van der Waals surface area contributed by atoms with Gasteiger partial charge in [-0.3, -0.25) is 15.2 Å². The molecular formula is C21H21N3OS. The Balaban J connectivity index is 1.62. The number of fused-ring (bicyclic) bond motifs is 1. The molecule has 0 radical (unpaired) electrons. The number of aromatic nitrogens is 1. The summed E-state index contributed by atoms with van der Waals surface area (Å²) in [5.74, 6) is 0.653. The van der Waals surface area contributed by atoms with Gasteiger partial charge < -0.3 is 5.43 Å². The summed E-state index contributed by atoms with van der Waals surface area (Å²) in [4.78, 5) is 17.7. The Labute approximate surface area is 157 Å². The molecule has 0 atom stereocenters. The lowest BCUT2D eigenvalue weighted by molar-refractivity contribution is 0.0938. The van der Waals surface area contributed by atoms with E-state index in [1.165, 1.54) is 0 Å². The summed E-state index contributed by atoms with van der Waals surface area (Å²) in [5.41, 5.74) is 9.02. The fourth-order valence-electron chi connectivity index (χ4n) is 2.41. The highest BCUT2D eigenvalue weighted by Gasteiger charge is 2.06. The van der Waals surface area contributed by atoms with Gasteiger partial charge in [0.1, 0.15) is 0 Å². The van der Waals surface area contributed by atoms with Crippen molar-refractivity contribution in [1.82, 2.24) is 15.8 Å². The molecule has 4 nitrogen and oxygen atoms in total.